The molecule has 3 heteroatoms. The van der Waals surface area contributed by atoms with Crippen molar-refractivity contribution in [3.05, 3.63) is 30.9 Å². The molecule has 0 spiro atoms. The summed E-state index contributed by atoms with van der Waals surface area (Å²) in [4.78, 5) is 0. The molecule has 0 atom stereocenters. The van der Waals surface area contributed by atoms with Crippen LogP contribution >= 0.6 is 0 Å². The van der Waals surface area contributed by atoms with Gasteiger partial charge >= 0.3 is 0 Å². The Labute approximate surface area is 90.9 Å². The van der Waals surface area contributed by atoms with Crippen LogP contribution in [-0.4, -0.2) is 13.2 Å². The van der Waals surface area contributed by atoms with Crippen LogP contribution in [0.3, 0.4) is 0 Å². The van der Waals surface area contributed by atoms with Crippen molar-refractivity contribution in [2.75, 3.05) is 24.2 Å². The standard InChI is InChI=1S/C12H18N2O/c1-3-7-14-10-5-6-11(13)12(9-10)15-8-4-2/h3,5-6,9,14H,1,4,7-8,13H2,2H3. The van der Waals surface area contributed by atoms with Crippen molar-refractivity contribution in [1.29, 1.82) is 0 Å². The van der Waals surface area contributed by atoms with Crippen LogP contribution < -0.4 is 15.8 Å². The minimum absolute atomic E-state index is 0.674. The highest BCUT2D eigenvalue weighted by atomic mass is 16.5. The number of ether oxygens (including phenoxy) is 1. The summed E-state index contributed by atoms with van der Waals surface area (Å²) in [6.45, 7) is 7.14. The summed E-state index contributed by atoms with van der Waals surface area (Å²) in [5, 5.41) is 3.18. The predicted molar refractivity (Wildman–Crippen MR) is 65.3 cm³/mol. The van der Waals surface area contributed by atoms with E-state index in [0.29, 0.717) is 12.3 Å². The van der Waals surface area contributed by atoms with E-state index in [1.54, 1.807) is 0 Å². The zero-order chi connectivity index (χ0) is 11.1. The quantitative estimate of drug-likeness (QED) is 0.555. The lowest BCUT2D eigenvalue weighted by molar-refractivity contribution is 0.319. The number of nitrogen functional groups attached to an aromatic ring is 1. The Morgan fingerprint density at radius 1 is 1.53 bits per heavy atom. The topological polar surface area (TPSA) is 47.3 Å². The normalized spacial score (nSPS) is 9.67. The van der Waals surface area contributed by atoms with Crippen LogP contribution in [-0.2, 0) is 0 Å². The van der Waals surface area contributed by atoms with Gasteiger partial charge in [0.05, 0.1) is 12.3 Å². The second-order valence-corrected chi connectivity index (χ2v) is 3.27. The molecule has 0 aromatic heterocycles. The van der Waals surface area contributed by atoms with Crippen molar-refractivity contribution in [3.63, 3.8) is 0 Å². The summed E-state index contributed by atoms with van der Waals surface area (Å²) in [6.07, 6.45) is 2.78. The van der Waals surface area contributed by atoms with E-state index < -0.39 is 0 Å². The Bertz CT molecular complexity index is 323. The highest BCUT2D eigenvalue weighted by Gasteiger charge is 2.01. The molecule has 0 fully saturated rings. The molecule has 0 saturated carbocycles. The van der Waals surface area contributed by atoms with Gasteiger partial charge < -0.3 is 15.8 Å². The predicted octanol–water partition coefficient (Wildman–Crippen LogP) is 2.66. The maximum absolute atomic E-state index is 5.79. The number of rotatable bonds is 6. The van der Waals surface area contributed by atoms with Crippen LogP contribution in [0.1, 0.15) is 13.3 Å². The van der Waals surface area contributed by atoms with Gasteiger partial charge in [-0.1, -0.05) is 13.0 Å². The fraction of sp³-hybridized carbons (Fsp3) is 0.333. The number of hydrogen-bond acceptors (Lipinski definition) is 3. The summed E-state index contributed by atoms with van der Waals surface area (Å²) in [6, 6.07) is 5.68. The van der Waals surface area contributed by atoms with Crippen molar-refractivity contribution in [2.24, 2.45) is 0 Å². The zero-order valence-electron chi connectivity index (χ0n) is 9.12. The third-order valence-corrected chi connectivity index (χ3v) is 1.93. The molecule has 0 radical (unpaired) electrons. The van der Waals surface area contributed by atoms with Crippen LogP contribution in [0, 0.1) is 0 Å². The number of nitrogens with one attached hydrogen (secondary N) is 1. The largest absolute Gasteiger partial charge is 0.491 e. The van der Waals surface area contributed by atoms with Crippen LogP contribution in [0.2, 0.25) is 0 Å². The average Bonchev–Trinajstić information content (AvgIpc) is 2.26. The first kappa shape index (κ1) is 11.4. The summed E-state index contributed by atoms with van der Waals surface area (Å²) in [5.74, 6) is 0.742. The molecule has 0 amide bonds. The molecule has 1 aromatic carbocycles. The summed E-state index contributed by atoms with van der Waals surface area (Å²) in [5.41, 5.74) is 7.46. The average molecular weight is 206 g/mol. The fourth-order valence-electron chi connectivity index (χ4n) is 1.17. The van der Waals surface area contributed by atoms with Crippen LogP contribution in [0.4, 0.5) is 11.4 Å². The van der Waals surface area contributed by atoms with Gasteiger partial charge in [-0.05, 0) is 18.6 Å². The molecule has 15 heavy (non-hydrogen) atoms. The molecule has 0 heterocycles. The van der Waals surface area contributed by atoms with Crippen molar-refractivity contribution in [2.45, 2.75) is 13.3 Å². The highest BCUT2D eigenvalue weighted by Crippen LogP contribution is 2.25. The molecule has 3 N–H and O–H groups in total. The first-order valence-corrected chi connectivity index (χ1v) is 5.15. The monoisotopic (exact) mass is 206 g/mol. The smallest absolute Gasteiger partial charge is 0.144 e. The Balaban J connectivity index is 2.70. The van der Waals surface area contributed by atoms with Gasteiger partial charge in [0.2, 0.25) is 0 Å². The lowest BCUT2D eigenvalue weighted by atomic mass is 10.2. The Morgan fingerprint density at radius 2 is 2.33 bits per heavy atom. The molecule has 0 aliphatic carbocycles. The second-order valence-electron chi connectivity index (χ2n) is 3.27. The number of nitrogens with two attached hydrogens (primary N) is 1. The van der Waals surface area contributed by atoms with Gasteiger partial charge in [-0.3, -0.25) is 0 Å². The maximum atomic E-state index is 5.79. The third kappa shape index (κ3) is 3.54. The van der Waals surface area contributed by atoms with Crippen molar-refractivity contribution >= 4 is 11.4 Å². The van der Waals surface area contributed by atoms with E-state index in [-0.39, 0.29) is 0 Å². The zero-order valence-corrected chi connectivity index (χ0v) is 9.12. The van der Waals surface area contributed by atoms with Gasteiger partial charge in [0.15, 0.2) is 0 Å². The van der Waals surface area contributed by atoms with E-state index in [1.165, 1.54) is 0 Å². The second kappa shape index (κ2) is 5.96. The van der Waals surface area contributed by atoms with Crippen molar-refractivity contribution in [1.82, 2.24) is 0 Å². The van der Waals surface area contributed by atoms with Crippen LogP contribution in [0.25, 0.3) is 0 Å². The first-order chi connectivity index (χ1) is 7.27. The van der Waals surface area contributed by atoms with Gasteiger partial charge in [-0.2, -0.15) is 0 Å². The lowest BCUT2D eigenvalue weighted by Crippen LogP contribution is -2.02. The molecule has 0 saturated heterocycles. The first-order valence-electron chi connectivity index (χ1n) is 5.15. The Morgan fingerprint density at radius 3 is 3.00 bits per heavy atom. The summed E-state index contributed by atoms with van der Waals surface area (Å²) < 4.78 is 5.52. The molecule has 0 aliphatic rings. The van der Waals surface area contributed by atoms with E-state index in [9.17, 15) is 0 Å². The fourth-order valence-corrected chi connectivity index (χ4v) is 1.17. The molecule has 82 valence electrons. The van der Waals surface area contributed by atoms with E-state index in [0.717, 1.165) is 24.4 Å². The number of hydrogen-bond donors (Lipinski definition) is 2. The molecular formula is C12H18N2O. The van der Waals surface area contributed by atoms with E-state index in [1.807, 2.05) is 24.3 Å². The number of benzene rings is 1. The van der Waals surface area contributed by atoms with Crippen molar-refractivity contribution in [3.8, 4) is 5.75 Å². The third-order valence-electron chi connectivity index (χ3n) is 1.93. The van der Waals surface area contributed by atoms with Crippen LogP contribution in [0.5, 0.6) is 5.75 Å². The molecule has 1 rings (SSSR count). The molecule has 0 bridgehead atoms. The van der Waals surface area contributed by atoms with Gasteiger partial charge in [-0.25, -0.2) is 0 Å². The SMILES string of the molecule is C=CCNc1ccc(N)c(OCCC)c1. The minimum Gasteiger partial charge on any atom is -0.491 e. The highest BCUT2D eigenvalue weighted by molar-refractivity contribution is 5.61. The maximum Gasteiger partial charge on any atom is 0.144 e. The van der Waals surface area contributed by atoms with Gasteiger partial charge in [0, 0.05) is 18.3 Å². The van der Waals surface area contributed by atoms with Gasteiger partial charge in [0.25, 0.3) is 0 Å². The minimum atomic E-state index is 0.674. The number of anilines is 2. The van der Waals surface area contributed by atoms with E-state index >= 15 is 0 Å². The molecule has 0 aliphatic heterocycles. The molecular weight excluding hydrogens is 188 g/mol. The molecule has 1 aromatic rings. The Hall–Kier alpha value is -1.64. The van der Waals surface area contributed by atoms with Gasteiger partial charge in [0.1, 0.15) is 5.75 Å². The lowest BCUT2D eigenvalue weighted by Gasteiger charge is -2.10. The molecule has 0 unspecified atom stereocenters. The molecule has 3 nitrogen and oxygen atoms in total. The van der Waals surface area contributed by atoms with Crippen LogP contribution in [0.15, 0.2) is 30.9 Å². The summed E-state index contributed by atoms with van der Waals surface area (Å²) >= 11 is 0. The Kier molecular flexibility index (Phi) is 4.54. The van der Waals surface area contributed by atoms with E-state index in [2.05, 4.69) is 18.8 Å². The van der Waals surface area contributed by atoms with Crippen molar-refractivity contribution < 1.29 is 4.74 Å². The van der Waals surface area contributed by atoms with Gasteiger partial charge in [-0.15, -0.1) is 6.58 Å². The summed E-state index contributed by atoms with van der Waals surface area (Å²) in [7, 11) is 0. The van der Waals surface area contributed by atoms with E-state index in [4.69, 9.17) is 10.5 Å².